The number of nitrogens with zero attached hydrogens (tertiary/aromatic N) is 4. The molecule has 11 heteroatoms. The molecule has 1 saturated heterocycles. The fraction of sp³-hybridized carbons (Fsp3) is 0.571. The molecule has 1 spiro atoms. The summed E-state index contributed by atoms with van der Waals surface area (Å²) < 4.78 is 49.4. The Labute approximate surface area is 182 Å². The quantitative estimate of drug-likeness (QED) is 0.636. The molecular weight excluding hydrogens is 429 g/mol. The van der Waals surface area contributed by atoms with Crippen LogP contribution in [0.4, 0.5) is 23.7 Å². The van der Waals surface area contributed by atoms with E-state index in [0.29, 0.717) is 31.0 Å². The van der Waals surface area contributed by atoms with Gasteiger partial charge in [-0.1, -0.05) is 19.3 Å². The number of rotatable bonds is 7. The molecule has 2 fully saturated rings. The SMILES string of the molecule is O=C1N(c2ccc(C(F)(F)F)nc2)CC2(CCCCC2)N1Cc1cc(OCCCO)no1. The second kappa shape index (κ2) is 8.97. The van der Waals surface area contributed by atoms with Crippen molar-refractivity contribution < 1.29 is 32.3 Å². The molecule has 0 radical (unpaired) electrons. The Morgan fingerprint density at radius 1 is 1.22 bits per heavy atom. The highest BCUT2D eigenvalue weighted by atomic mass is 19.4. The second-order valence-corrected chi connectivity index (χ2v) is 8.20. The minimum Gasteiger partial charge on any atom is -0.475 e. The van der Waals surface area contributed by atoms with Crippen LogP contribution < -0.4 is 9.64 Å². The number of aliphatic hydroxyl groups is 1. The van der Waals surface area contributed by atoms with E-state index in [1.54, 1.807) is 11.0 Å². The molecule has 32 heavy (non-hydrogen) atoms. The average molecular weight is 454 g/mol. The standard InChI is InChI=1S/C21H25F3N4O4/c22-21(23,24)17-6-5-15(12-25-17)27-14-20(7-2-1-3-8-20)28(19(27)30)13-16-11-18(26-32-16)31-10-4-9-29/h5-6,11-12,29H,1-4,7-10,13-14H2. The molecule has 174 valence electrons. The van der Waals surface area contributed by atoms with Crippen molar-refractivity contribution in [3.8, 4) is 5.88 Å². The normalized spacial score (nSPS) is 18.6. The summed E-state index contributed by atoms with van der Waals surface area (Å²) in [5.41, 5.74) is -1.09. The van der Waals surface area contributed by atoms with E-state index in [1.807, 2.05) is 0 Å². The van der Waals surface area contributed by atoms with Gasteiger partial charge in [-0.05, 0) is 30.1 Å². The number of anilines is 1. The smallest absolute Gasteiger partial charge is 0.433 e. The molecule has 2 amide bonds. The summed E-state index contributed by atoms with van der Waals surface area (Å²) in [6, 6.07) is 3.50. The Morgan fingerprint density at radius 2 is 2.00 bits per heavy atom. The van der Waals surface area contributed by atoms with E-state index < -0.39 is 17.4 Å². The number of aliphatic hydroxyl groups excluding tert-OH is 1. The fourth-order valence-electron chi connectivity index (χ4n) is 4.42. The Kier molecular flexibility index (Phi) is 6.27. The second-order valence-electron chi connectivity index (χ2n) is 8.20. The minimum absolute atomic E-state index is 0.00412. The molecule has 2 aliphatic rings. The van der Waals surface area contributed by atoms with Gasteiger partial charge < -0.3 is 19.3 Å². The summed E-state index contributed by atoms with van der Waals surface area (Å²) in [7, 11) is 0. The zero-order valence-electron chi connectivity index (χ0n) is 17.5. The Bertz CT molecular complexity index is 926. The molecule has 0 unspecified atom stereocenters. The number of carbonyl (C=O) groups excluding carboxylic acids is 1. The van der Waals surface area contributed by atoms with E-state index in [4.69, 9.17) is 14.4 Å². The van der Waals surface area contributed by atoms with Crippen LogP contribution in [0.3, 0.4) is 0 Å². The number of halogens is 3. The van der Waals surface area contributed by atoms with Gasteiger partial charge in [-0.25, -0.2) is 9.78 Å². The third-order valence-corrected chi connectivity index (χ3v) is 6.02. The van der Waals surface area contributed by atoms with E-state index >= 15 is 0 Å². The van der Waals surface area contributed by atoms with E-state index in [9.17, 15) is 18.0 Å². The molecule has 1 aliphatic heterocycles. The topological polar surface area (TPSA) is 91.9 Å². The monoisotopic (exact) mass is 454 g/mol. The molecule has 2 aromatic rings. The van der Waals surface area contributed by atoms with Crippen molar-refractivity contribution in [3.63, 3.8) is 0 Å². The number of ether oxygens (including phenoxy) is 1. The van der Waals surface area contributed by atoms with E-state index in [0.717, 1.165) is 44.4 Å². The molecule has 0 bridgehead atoms. The molecule has 3 heterocycles. The first kappa shape index (κ1) is 22.4. The highest BCUT2D eigenvalue weighted by Crippen LogP contribution is 2.42. The highest BCUT2D eigenvalue weighted by Gasteiger charge is 2.50. The molecule has 0 aromatic carbocycles. The molecule has 8 nitrogen and oxygen atoms in total. The molecule has 1 aliphatic carbocycles. The van der Waals surface area contributed by atoms with Gasteiger partial charge in [-0.2, -0.15) is 13.2 Å². The lowest BCUT2D eigenvalue weighted by molar-refractivity contribution is -0.141. The maximum Gasteiger partial charge on any atom is 0.433 e. The molecule has 0 atom stereocenters. The van der Waals surface area contributed by atoms with Crippen LogP contribution in [0.25, 0.3) is 0 Å². The van der Waals surface area contributed by atoms with Gasteiger partial charge >= 0.3 is 12.2 Å². The van der Waals surface area contributed by atoms with E-state index in [2.05, 4.69) is 10.1 Å². The van der Waals surface area contributed by atoms with Crippen molar-refractivity contribution in [1.29, 1.82) is 0 Å². The summed E-state index contributed by atoms with van der Waals surface area (Å²) >= 11 is 0. The first-order valence-corrected chi connectivity index (χ1v) is 10.6. The number of hydrogen-bond acceptors (Lipinski definition) is 6. The number of pyridine rings is 1. The Hall–Kier alpha value is -2.82. The number of amides is 2. The number of carbonyl (C=O) groups is 1. The van der Waals surface area contributed by atoms with Gasteiger partial charge in [0.05, 0.1) is 37.1 Å². The molecule has 1 saturated carbocycles. The third kappa shape index (κ3) is 4.52. The van der Waals surface area contributed by atoms with Crippen LogP contribution in [0, 0.1) is 0 Å². The summed E-state index contributed by atoms with van der Waals surface area (Å²) in [6.07, 6.45) is 1.65. The average Bonchev–Trinajstić information content (AvgIpc) is 3.32. The highest BCUT2D eigenvalue weighted by molar-refractivity contribution is 5.95. The van der Waals surface area contributed by atoms with Crippen molar-refractivity contribution >= 4 is 11.7 Å². The third-order valence-electron chi connectivity index (χ3n) is 6.02. The lowest BCUT2D eigenvalue weighted by Gasteiger charge is -2.39. The van der Waals surface area contributed by atoms with Gasteiger partial charge in [0, 0.05) is 19.1 Å². The van der Waals surface area contributed by atoms with E-state index in [1.165, 1.54) is 11.0 Å². The number of alkyl halides is 3. The number of urea groups is 1. The van der Waals surface area contributed by atoms with Crippen molar-refractivity contribution in [3.05, 3.63) is 35.9 Å². The van der Waals surface area contributed by atoms with Gasteiger partial charge in [-0.3, -0.25) is 4.90 Å². The maximum atomic E-state index is 13.4. The molecular formula is C21H25F3N4O4. The lowest BCUT2D eigenvalue weighted by Crippen LogP contribution is -2.47. The van der Waals surface area contributed by atoms with Gasteiger partial charge in [0.1, 0.15) is 5.69 Å². The molecule has 4 rings (SSSR count). The fourth-order valence-corrected chi connectivity index (χ4v) is 4.42. The van der Waals surface area contributed by atoms with Gasteiger partial charge in [0.2, 0.25) is 0 Å². The largest absolute Gasteiger partial charge is 0.475 e. The van der Waals surface area contributed by atoms with Gasteiger partial charge in [-0.15, -0.1) is 0 Å². The first-order chi connectivity index (χ1) is 15.3. The summed E-state index contributed by atoms with van der Waals surface area (Å²) in [6.45, 7) is 0.862. The predicted octanol–water partition coefficient (Wildman–Crippen LogP) is 3.99. The van der Waals surface area contributed by atoms with Gasteiger partial charge in [0.15, 0.2) is 5.76 Å². The first-order valence-electron chi connectivity index (χ1n) is 10.6. The summed E-state index contributed by atoms with van der Waals surface area (Å²) in [5.74, 6) is 0.733. The van der Waals surface area contributed by atoms with Crippen LogP contribution in [-0.2, 0) is 12.7 Å². The minimum atomic E-state index is -4.53. The Balaban J connectivity index is 1.54. The van der Waals surface area contributed by atoms with Crippen LogP contribution in [0.5, 0.6) is 5.88 Å². The number of aromatic nitrogens is 2. The summed E-state index contributed by atoms with van der Waals surface area (Å²) in [5, 5.41) is 12.7. The Morgan fingerprint density at radius 3 is 2.66 bits per heavy atom. The lowest BCUT2D eigenvalue weighted by atomic mass is 9.81. The molecule has 1 N–H and O–H groups in total. The maximum absolute atomic E-state index is 13.4. The zero-order valence-corrected chi connectivity index (χ0v) is 17.5. The van der Waals surface area contributed by atoms with E-state index in [-0.39, 0.29) is 25.1 Å². The van der Waals surface area contributed by atoms with Crippen molar-refractivity contribution in [2.75, 3.05) is 24.7 Å². The molecule has 2 aromatic heterocycles. The van der Waals surface area contributed by atoms with Crippen LogP contribution in [-0.4, -0.2) is 51.5 Å². The van der Waals surface area contributed by atoms with Crippen molar-refractivity contribution in [1.82, 2.24) is 15.0 Å². The predicted molar refractivity (Wildman–Crippen MR) is 107 cm³/mol. The van der Waals surface area contributed by atoms with Crippen LogP contribution in [0.1, 0.15) is 50.0 Å². The summed E-state index contributed by atoms with van der Waals surface area (Å²) in [4.78, 5) is 20.1. The zero-order chi connectivity index (χ0) is 22.8. The number of hydrogen-bond donors (Lipinski definition) is 1. The van der Waals surface area contributed by atoms with Crippen LogP contribution in [0.15, 0.2) is 28.9 Å². The van der Waals surface area contributed by atoms with Crippen LogP contribution >= 0.6 is 0 Å². The van der Waals surface area contributed by atoms with Crippen molar-refractivity contribution in [2.45, 2.75) is 56.8 Å². The van der Waals surface area contributed by atoms with Crippen molar-refractivity contribution in [2.24, 2.45) is 0 Å². The van der Waals surface area contributed by atoms with Crippen LogP contribution in [0.2, 0.25) is 0 Å². The van der Waals surface area contributed by atoms with Gasteiger partial charge in [0.25, 0.3) is 5.88 Å².